The van der Waals surface area contributed by atoms with Gasteiger partial charge in [0.1, 0.15) is 0 Å². The van der Waals surface area contributed by atoms with E-state index in [-0.39, 0.29) is 0 Å². The van der Waals surface area contributed by atoms with Crippen LogP contribution >= 0.6 is 0 Å². The van der Waals surface area contributed by atoms with Crippen molar-refractivity contribution in [3.63, 3.8) is 0 Å². The zero-order chi connectivity index (χ0) is 9.94. The van der Waals surface area contributed by atoms with Gasteiger partial charge >= 0.3 is 0 Å². The molecule has 0 saturated carbocycles. The maximum absolute atomic E-state index is 5.37. The SMILES string of the molecule is C=CNCCCCCNC(=C)CN. The summed E-state index contributed by atoms with van der Waals surface area (Å²) in [4.78, 5) is 0. The lowest BCUT2D eigenvalue weighted by molar-refractivity contribution is 0.626. The molecule has 76 valence electrons. The fourth-order valence-electron chi connectivity index (χ4n) is 0.968. The van der Waals surface area contributed by atoms with E-state index in [2.05, 4.69) is 23.8 Å². The van der Waals surface area contributed by atoms with Gasteiger partial charge < -0.3 is 16.4 Å². The van der Waals surface area contributed by atoms with Gasteiger partial charge in [0.2, 0.25) is 0 Å². The molecule has 3 heteroatoms. The number of nitrogens with two attached hydrogens (primary N) is 1. The highest BCUT2D eigenvalue weighted by atomic mass is 14.9. The third-order valence-corrected chi connectivity index (χ3v) is 1.76. The van der Waals surface area contributed by atoms with Crippen LogP contribution in [0.3, 0.4) is 0 Å². The smallest absolute Gasteiger partial charge is 0.0322 e. The van der Waals surface area contributed by atoms with E-state index in [1.165, 1.54) is 12.8 Å². The second-order valence-corrected chi connectivity index (χ2v) is 2.95. The van der Waals surface area contributed by atoms with Crippen molar-refractivity contribution in [2.24, 2.45) is 5.73 Å². The van der Waals surface area contributed by atoms with E-state index in [1.54, 1.807) is 6.20 Å². The summed E-state index contributed by atoms with van der Waals surface area (Å²) in [5, 5.41) is 6.23. The minimum absolute atomic E-state index is 0.526. The molecule has 0 spiro atoms. The van der Waals surface area contributed by atoms with Crippen molar-refractivity contribution in [3.8, 4) is 0 Å². The topological polar surface area (TPSA) is 50.1 Å². The second-order valence-electron chi connectivity index (χ2n) is 2.95. The summed E-state index contributed by atoms with van der Waals surface area (Å²) in [6.45, 7) is 9.86. The molecule has 0 rings (SSSR count). The predicted molar refractivity (Wildman–Crippen MR) is 58.2 cm³/mol. The lowest BCUT2D eigenvalue weighted by atomic mass is 10.2. The summed E-state index contributed by atoms with van der Waals surface area (Å²) in [5.74, 6) is 0. The van der Waals surface area contributed by atoms with Crippen LogP contribution in [0, 0.1) is 0 Å². The molecule has 4 N–H and O–H groups in total. The summed E-state index contributed by atoms with van der Waals surface area (Å²) >= 11 is 0. The number of rotatable bonds is 9. The van der Waals surface area contributed by atoms with Gasteiger partial charge in [-0.15, -0.1) is 0 Å². The van der Waals surface area contributed by atoms with E-state index < -0.39 is 0 Å². The van der Waals surface area contributed by atoms with E-state index in [1.807, 2.05) is 0 Å². The molecule has 0 saturated heterocycles. The van der Waals surface area contributed by atoms with Crippen molar-refractivity contribution in [2.45, 2.75) is 19.3 Å². The monoisotopic (exact) mass is 183 g/mol. The van der Waals surface area contributed by atoms with Crippen molar-refractivity contribution in [2.75, 3.05) is 19.6 Å². The van der Waals surface area contributed by atoms with E-state index in [0.29, 0.717) is 6.54 Å². The van der Waals surface area contributed by atoms with Gasteiger partial charge in [-0.2, -0.15) is 0 Å². The molecule has 0 aliphatic heterocycles. The van der Waals surface area contributed by atoms with Crippen LogP contribution in [-0.2, 0) is 0 Å². The van der Waals surface area contributed by atoms with E-state index >= 15 is 0 Å². The lowest BCUT2D eigenvalue weighted by Crippen LogP contribution is -2.20. The first kappa shape index (κ1) is 12.0. The number of hydrogen-bond donors (Lipinski definition) is 3. The molecule has 0 aromatic carbocycles. The van der Waals surface area contributed by atoms with E-state index in [9.17, 15) is 0 Å². The average Bonchev–Trinajstić information content (AvgIpc) is 2.16. The third-order valence-electron chi connectivity index (χ3n) is 1.76. The Morgan fingerprint density at radius 1 is 1.23 bits per heavy atom. The van der Waals surface area contributed by atoms with Crippen LogP contribution in [0.25, 0.3) is 0 Å². The Bertz CT molecular complexity index is 143. The first-order valence-corrected chi connectivity index (χ1v) is 4.77. The zero-order valence-electron chi connectivity index (χ0n) is 8.31. The van der Waals surface area contributed by atoms with E-state index in [4.69, 9.17) is 5.73 Å². The van der Waals surface area contributed by atoms with Crippen LogP contribution in [0.2, 0.25) is 0 Å². The first-order valence-electron chi connectivity index (χ1n) is 4.77. The molecule has 0 aromatic heterocycles. The van der Waals surface area contributed by atoms with Crippen molar-refractivity contribution < 1.29 is 0 Å². The lowest BCUT2D eigenvalue weighted by Gasteiger charge is -2.06. The Labute approximate surface area is 81.1 Å². The fraction of sp³-hybridized carbons (Fsp3) is 0.600. The van der Waals surface area contributed by atoms with Crippen LogP contribution in [0.15, 0.2) is 25.1 Å². The van der Waals surface area contributed by atoms with Gasteiger partial charge in [-0.05, 0) is 25.5 Å². The normalized spacial score (nSPS) is 9.31. The molecule has 0 bridgehead atoms. The van der Waals surface area contributed by atoms with Crippen molar-refractivity contribution in [1.29, 1.82) is 0 Å². The maximum atomic E-state index is 5.37. The molecule has 3 nitrogen and oxygen atoms in total. The Hall–Kier alpha value is -0.960. The molecule has 0 heterocycles. The third kappa shape index (κ3) is 8.95. The van der Waals surface area contributed by atoms with Gasteiger partial charge in [0.15, 0.2) is 0 Å². The zero-order valence-corrected chi connectivity index (χ0v) is 8.31. The highest BCUT2D eigenvalue weighted by Crippen LogP contribution is 1.93. The second kappa shape index (κ2) is 9.13. The summed E-state index contributed by atoms with van der Waals surface area (Å²) < 4.78 is 0. The molecule has 13 heavy (non-hydrogen) atoms. The van der Waals surface area contributed by atoms with Gasteiger partial charge in [0, 0.05) is 25.3 Å². The molecule has 0 aliphatic rings. The summed E-state index contributed by atoms with van der Waals surface area (Å²) in [7, 11) is 0. The van der Waals surface area contributed by atoms with E-state index in [0.717, 1.165) is 25.2 Å². The average molecular weight is 183 g/mol. The number of nitrogens with one attached hydrogen (secondary N) is 2. The minimum Gasteiger partial charge on any atom is -0.391 e. The molecule has 0 aromatic rings. The summed E-state index contributed by atoms with van der Waals surface area (Å²) in [6, 6.07) is 0. The highest BCUT2D eigenvalue weighted by Gasteiger charge is 1.90. The Balaban J connectivity index is 2.99. The Kier molecular flexibility index (Phi) is 8.46. The van der Waals surface area contributed by atoms with Gasteiger partial charge in [-0.3, -0.25) is 0 Å². The van der Waals surface area contributed by atoms with Gasteiger partial charge in [-0.1, -0.05) is 13.2 Å². The quantitative estimate of drug-likeness (QED) is 0.466. The predicted octanol–water partition coefficient (Wildman–Crippen LogP) is 0.952. The van der Waals surface area contributed by atoms with Crippen molar-refractivity contribution in [3.05, 3.63) is 25.1 Å². The Morgan fingerprint density at radius 3 is 2.54 bits per heavy atom. The van der Waals surface area contributed by atoms with Crippen LogP contribution < -0.4 is 16.4 Å². The molecule has 0 unspecified atom stereocenters. The van der Waals surface area contributed by atoms with Crippen LogP contribution in [0.5, 0.6) is 0 Å². The van der Waals surface area contributed by atoms with Crippen LogP contribution in [0.1, 0.15) is 19.3 Å². The van der Waals surface area contributed by atoms with Crippen molar-refractivity contribution >= 4 is 0 Å². The summed E-state index contributed by atoms with van der Waals surface area (Å²) in [5.41, 5.74) is 6.29. The molecular formula is C10H21N3. The number of unbranched alkanes of at least 4 members (excludes halogenated alkanes) is 2. The number of hydrogen-bond acceptors (Lipinski definition) is 3. The first-order chi connectivity index (χ1) is 6.31. The molecule has 0 radical (unpaired) electrons. The summed E-state index contributed by atoms with van der Waals surface area (Å²) in [6.07, 6.45) is 5.29. The maximum Gasteiger partial charge on any atom is 0.0322 e. The molecule has 0 amide bonds. The standard InChI is InChI=1S/C10H21N3/c1-3-12-7-5-4-6-8-13-10(2)9-11/h3,12-13H,1-2,4-9,11H2. The van der Waals surface area contributed by atoms with Crippen LogP contribution in [0.4, 0.5) is 0 Å². The molecule has 0 atom stereocenters. The molecule has 0 fully saturated rings. The van der Waals surface area contributed by atoms with Gasteiger partial charge in [0.25, 0.3) is 0 Å². The largest absolute Gasteiger partial charge is 0.391 e. The molecular weight excluding hydrogens is 162 g/mol. The van der Waals surface area contributed by atoms with Gasteiger partial charge in [-0.25, -0.2) is 0 Å². The van der Waals surface area contributed by atoms with Gasteiger partial charge in [0.05, 0.1) is 0 Å². The Morgan fingerprint density at radius 2 is 1.92 bits per heavy atom. The highest BCUT2D eigenvalue weighted by molar-refractivity contribution is 4.91. The fourth-order valence-corrected chi connectivity index (χ4v) is 0.968. The molecule has 0 aliphatic carbocycles. The minimum atomic E-state index is 0.526. The van der Waals surface area contributed by atoms with Crippen molar-refractivity contribution in [1.82, 2.24) is 10.6 Å². The van der Waals surface area contributed by atoms with Crippen LogP contribution in [-0.4, -0.2) is 19.6 Å².